The molecule has 2 aliphatic heterocycles. The number of nitrogens with one attached hydrogen (secondary N) is 2. The summed E-state index contributed by atoms with van der Waals surface area (Å²) in [6, 6.07) is 45.1. The second-order valence-electron chi connectivity index (χ2n) is 16.3. The van der Waals surface area contributed by atoms with Crippen LogP contribution in [0, 0.1) is 0 Å². The summed E-state index contributed by atoms with van der Waals surface area (Å²) >= 11 is 0. The van der Waals surface area contributed by atoms with Crippen molar-refractivity contribution in [3.8, 4) is 44.5 Å². The van der Waals surface area contributed by atoms with E-state index in [2.05, 4.69) is 183 Å². The highest BCUT2D eigenvalue weighted by molar-refractivity contribution is 5.99. The SMILES string of the molecule is CCCc1ccc(-c2c3nc(c(-c4ccc(CCC)cc4)c4ccc([nH]4)c(-c4ccc(CCC)cc4)c4nc(c(-c5ccc(CCC)cc5)c5ccc2[nH]5)C=C4)C=C3)cc1. The molecule has 2 aliphatic rings. The Labute approximate surface area is 354 Å². The predicted molar refractivity (Wildman–Crippen MR) is 257 cm³/mol. The molecular weight excluding hydrogens is 729 g/mol. The average molecular weight is 783 g/mol. The van der Waals surface area contributed by atoms with Gasteiger partial charge in [-0.1, -0.05) is 150 Å². The minimum Gasteiger partial charge on any atom is -0.354 e. The molecule has 0 radical (unpaired) electrons. The van der Waals surface area contributed by atoms with Crippen molar-refractivity contribution in [2.75, 3.05) is 0 Å². The highest BCUT2D eigenvalue weighted by Crippen LogP contribution is 2.39. The molecule has 298 valence electrons. The number of aromatic nitrogens is 4. The van der Waals surface area contributed by atoms with E-state index in [-0.39, 0.29) is 0 Å². The quantitative estimate of drug-likeness (QED) is 0.130. The Balaban J connectivity index is 1.40. The molecule has 7 aromatic rings. The Hall–Kier alpha value is -6.52. The molecule has 9 rings (SSSR count). The van der Waals surface area contributed by atoms with Crippen LogP contribution in [0.4, 0.5) is 0 Å². The topological polar surface area (TPSA) is 57.4 Å². The summed E-state index contributed by atoms with van der Waals surface area (Å²) in [5.74, 6) is 0. The molecule has 0 saturated carbocycles. The molecule has 4 heteroatoms. The van der Waals surface area contributed by atoms with E-state index < -0.39 is 0 Å². The fourth-order valence-electron chi connectivity index (χ4n) is 8.93. The lowest BCUT2D eigenvalue weighted by molar-refractivity contribution is 0.922. The van der Waals surface area contributed by atoms with Crippen LogP contribution >= 0.6 is 0 Å². The first kappa shape index (κ1) is 39.0. The highest BCUT2D eigenvalue weighted by atomic mass is 14.8. The fraction of sp³-hybridized carbons (Fsp3) is 0.214. The van der Waals surface area contributed by atoms with E-state index >= 15 is 0 Å². The van der Waals surface area contributed by atoms with Gasteiger partial charge in [-0.25, -0.2) is 9.97 Å². The van der Waals surface area contributed by atoms with Crippen LogP contribution < -0.4 is 0 Å². The van der Waals surface area contributed by atoms with E-state index in [1.165, 1.54) is 22.3 Å². The minimum atomic E-state index is 0.930. The number of hydrogen-bond donors (Lipinski definition) is 2. The number of aryl methyl sites for hydroxylation is 4. The zero-order chi connectivity index (χ0) is 41.0. The number of H-pyrrole nitrogens is 2. The molecule has 60 heavy (non-hydrogen) atoms. The van der Waals surface area contributed by atoms with Crippen molar-refractivity contribution in [2.45, 2.75) is 79.1 Å². The van der Waals surface area contributed by atoms with Gasteiger partial charge >= 0.3 is 0 Å². The third-order valence-electron chi connectivity index (χ3n) is 11.9. The van der Waals surface area contributed by atoms with Crippen LogP contribution in [0.25, 0.3) is 90.9 Å². The first-order chi connectivity index (χ1) is 29.5. The third kappa shape index (κ3) is 7.82. The van der Waals surface area contributed by atoms with Gasteiger partial charge in [-0.05, 0) is 119 Å². The lowest BCUT2D eigenvalue weighted by Gasteiger charge is -2.08. The van der Waals surface area contributed by atoms with E-state index in [0.29, 0.717) is 0 Å². The molecule has 3 aromatic heterocycles. The van der Waals surface area contributed by atoms with Gasteiger partial charge in [0.15, 0.2) is 0 Å². The van der Waals surface area contributed by atoms with Crippen LogP contribution in [0.3, 0.4) is 0 Å². The van der Waals surface area contributed by atoms with Crippen LogP contribution in [-0.4, -0.2) is 19.9 Å². The number of fused-ring (bicyclic) bond motifs is 8. The number of aromatic amines is 2. The Morgan fingerprint density at radius 2 is 0.517 bits per heavy atom. The Morgan fingerprint density at radius 1 is 0.300 bits per heavy atom. The number of hydrogen-bond acceptors (Lipinski definition) is 2. The van der Waals surface area contributed by atoms with Crippen LogP contribution in [0.1, 0.15) is 98.4 Å². The van der Waals surface area contributed by atoms with Gasteiger partial charge in [-0.3, -0.25) is 0 Å². The zero-order valence-electron chi connectivity index (χ0n) is 35.4. The van der Waals surface area contributed by atoms with Crippen molar-refractivity contribution in [3.63, 3.8) is 0 Å². The summed E-state index contributed by atoms with van der Waals surface area (Å²) in [7, 11) is 0. The minimum absolute atomic E-state index is 0.930. The van der Waals surface area contributed by atoms with Gasteiger partial charge in [0.05, 0.1) is 22.8 Å². The van der Waals surface area contributed by atoms with Gasteiger partial charge in [-0.2, -0.15) is 0 Å². The molecule has 0 atom stereocenters. The molecule has 0 fully saturated rings. The van der Waals surface area contributed by atoms with E-state index in [1.807, 2.05) is 0 Å². The van der Waals surface area contributed by atoms with E-state index in [1.54, 1.807) is 0 Å². The molecular formula is C56H54N4. The molecule has 0 amide bonds. The molecule has 0 saturated heterocycles. The second kappa shape index (κ2) is 17.4. The van der Waals surface area contributed by atoms with Gasteiger partial charge in [0.25, 0.3) is 0 Å². The van der Waals surface area contributed by atoms with Crippen LogP contribution in [0.15, 0.2) is 121 Å². The summed E-state index contributed by atoms with van der Waals surface area (Å²) in [4.78, 5) is 18.9. The average Bonchev–Trinajstić information content (AvgIpc) is 4.12. The third-order valence-corrected chi connectivity index (χ3v) is 11.9. The van der Waals surface area contributed by atoms with E-state index in [4.69, 9.17) is 9.97 Å². The van der Waals surface area contributed by atoms with E-state index in [0.717, 1.165) is 141 Å². The van der Waals surface area contributed by atoms with Crippen molar-refractivity contribution in [2.24, 2.45) is 0 Å². The van der Waals surface area contributed by atoms with Crippen molar-refractivity contribution in [1.29, 1.82) is 0 Å². The Bertz CT molecular complexity index is 2480. The number of rotatable bonds is 12. The maximum Gasteiger partial charge on any atom is 0.0737 e. The van der Waals surface area contributed by atoms with Gasteiger partial charge in [0.2, 0.25) is 0 Å². The molecule has 0 aliphatic carbocycles. The van der Waals surface area contributed by atoms with Crippen LogP contribution in [0.5, 0.6) is 0 Å². The maximum absolute atomic E-state index is 5.52. The molecule has 0 unspecified atom stereocenters. The standard InChI is InChI=1S/C56H54N4/c1-5-9-37-13-21-41(22-14-37)53-45-29-31-47(57-45)54(42-23-15-38(10-6-2)16-24-42)49-33-35-51(59-49)56(44-27-19-40(12-8-4)20-28-44)52-36-34-50(60-52)55(48-32-30-46(53)58-48)43-25-17-39(11-7-3)18-26-43/h13-36,57,60H,5-12H2,1-4H3. The lowest BCUT2D eigenvalue weighted by atomic mass is 10.0. The zero-order valence-corrected chi connectivity index (χ0v) is 35.4. The summed E-state index contributed by atoms with van der Waals surface area (Å²) < 4.78 is 0. The normalized spacial score (nSPS) is 12.1. The van der Waals surface area contributed by atoms with Crippen molar-refractivity contribution in [3.05, 3.63) is 166 Å². The monoisotopic (exact) mass is 782 g/mol. The van der Waals surface area contributed by atoms with Gasteiger partial charge in [0.1, 0.15) is 0 Å². The number of benzene rings is 4. The van der Waals surface area contributed by atoms with Gasteiger partial charge < -0.3 is 9.97 Å². The summed E-state index contributed by atoms with van der Waals surface area (Å²) in [5, 5.41) is 0. The summed E-state index contributed by atoms with van der Waals surface area (Å²) in [6.45, 7) is 8.94. The molecule has 4 aromatic carbocycles. The summed E-state index contributed by atoms with van der Waals surface area (Å²) in [5.41, 5.74) is 22.0. The van der Waals surface area contributed by atoms with Crippen LogP contribution in [0.2, 0.25) is 0 Å². The molecule has 2 N–H and O–H groups in total. The van der Waals surface area contributed by atoms with Gasteiger partial charge in [0, 0.05) is 44.3 Å². The van der Waals surface area contributed by atoms with Crippen molar-refractivity contribution >= 4 is 46.4 Å². The number of nitrogens with zero attached hydrogens (tertiary/aromatic N) is 2. The summed E-state index contributed by atoms with van der Waals surface area (Å²) in [6.07, 6.45) is 17.4. The first-order valence-electron chi connectivity index (χ1n) is 22.1. The molecule has 0 spiro atoms. The fourth-order valence-corrected chi connectivity index (χ4v) is 8.93. The van der Waals surface area contributed by atoms with Crippen molar-refractivity contribution in [1.82, 2.24) is 19.9 Å². The predicted octanol–water partition coefficient (Wildman–Crippen LogP) is 15.1. The van der Waals surface area contributed by atoms with Gasteiger partial charge in [-0.15, -0.1) is 0 Å². The maximum atomic E-state index is 5.52. The van der Waals surface area contributed by atoms with Crippen molar-refractivity contribution < 1.29 is 0 Å². The smallest absolute Gasteiger partial charge is 0.0737 e. The molecule has 8 bridgehead atoms. The Kier molecular flexibility index (Phi) is 11.3. The molecule has 5 heterocycles. The van der Waals surface area contributed by atoms with Crippen LogP contribution in [-0.2, 0) is 25.7 Å². The highest BCUT2D eigenvalue weighted by Gasteiger charge is 2.19. The second-order valence-corrected chi connectivity index (χ2v) is 16.3. The van der Waals surface area contributed by atoms with E-state index in [9.17, 15) is 0 Å². The lowest BCUT2D eigenvalue weighted by Crippen LogP contribution is -1.91. The Morgan fingerprint density at radius 3 is 0.717 bits per heavy atom. The largest absolute Gasteiger partial charge is 0.354 e. The molecule has 4 nitrogen and oxygen atoms in total. The first-order valence-corrected chi connectivity index (χ1v) is 22.1.